The maximum Gasteiger partial charge on any atom is 0.244 e. The lowest BCUT2D eigenvalue weighted by molar-refractivity contribution is 0.270. The van der Waals surface area contributed by atoms with Crippen LogP contribution in [-0.2, 0) is 10.0 Å². The van der Waals surface area contributed by atoms with Crippen molar-refractivity contribution in [1.82, 2.24) is 14.6 Å². The summed E-state index contributed by atoms with van der Waals surface area (Å²) in [6, 6.07) is 4.80. The Morgan fingerprint density at radius 1 is 1.45 bits per heavy atom. The van der Waals surface area contributed by atoms with Gasteiger partial charge in [0.15, 0.2) is 0 Å². The number of nitriles is 1. The SMILES string of the molecule is CCN(C1CCNCC1)S(=O)(=O)c1ccc(C#N)nc1. The minimum Gasteiger partial charge on any atom is -0.317 e. The summed E-state index contributed by atoms with van der Waals surface area (Å²) in [6.07, 6.45) is 2.89. The zero-order valence-corrected chi connectivity index (χ0v) is 12.2. The van der Waals surface area contributed by atoms with E-state index in [2.05, 4.69) is 10.3 Å². The van der Waals surface area contributed by atoms with Crippen LogP contribution in [0.5, 0.6) is 0 Å². The second-order valence-electron chi connectivity index (χ2n) is 4.68. The van der Waals surface area contributed by atoms with E-state index >= 15 is 0 Å². The van der Waals surface area contributed by atoms with E-state index in [1.165, 1.54) is 22.6 Å². The Hall–Kier alpha value is -1.49. The van der Waals surface area contributed by atoms with Gasteiger partial charge in [-0.2, -0.15) is 9.57 Å². The highest BCUT2D eigenvalue weighted by Crippen LogP contribution is 2.21. The van der Waals surface area contributed by atoms with E-state index in [-0.39, 0.29) is 16.6 Å². The zero-order valence-electron chi connectivity index (χ0n) is 11.4. The van der Waals surface area contributed by atoms with Crippen molar-refractivity contribution < 1.29 is 8.42 Å². The van der Waals surface area contributed by atoms with E-state index in [1.54, 1.807) is 0 Å². The molecule has 6 nitrogen and oxygen atoms in total. The molecule has 0 amide bonds. The van der Waals surface area contributed by atoms with Gasteiger partial charge in [-0.25, -0.2) is 13.4 Å². The monoisotopic (exact) mass is 294 g/mol. The molecule has 1 N–H and O–H groups in total. The molecule has 108 valence electrons. The Labute approximate surface area is 119 Å². The Morgan fingerprint density at radius 2 is 2.15 bits per heavy atom. The standard InChI is InChI=1S/C13H18N4O2S/c1-2-17(12-5-7-15-8-6-12)20(18,19)13-4-3-11(9-14)16-10-13/h3-4,10,12,15H,2,5-8H2,1H3. The highest BCUT2D eigenvalue weighted by molar-refractivity contribution is 7.89. The first-order valence-corrected chi connectivity index (χ1v) is 8.12. The summed E-state index contributed by atoms with van der Waals surface area (Å²) in [4.78, 5) is 4.00. The van der Waals surface area contributed by atoms with Crippen LogP contribution in [0.2, 0.25) is 0 Å². The number of piperidine rings is 1. The largest absolute Gasteiger partial charge is 0.317 e. The molecule has 0 aromatic carbocycles. The molecule has 0 saturated carbocycles. The molecular weight excluding hydrogens is 276 g/mol. The number of nitrogens with one attached hydrogen (secondary N) is 1. The fourth-order valence-electron chi connectivity index (χ4n) is 2.45. The van der Waals surface area contributed by atoms with Crippen molar-refractivity contribution in [2.45, 2.75) is 30.7 Å². The van der Waals surface area contributed by atoms with E-state index < -0.39 is 10.0 Å². The van der Waals surface area contributed by atoms with Crippen molar-refractivity contribution in [2.24, 2.45) is 0 Å². The van der Waals surface area contributed by atoms with Crippen LogP contribution in [0.1, 0.15) is 25.5 Å². The Balaban J connectivity index is 2.28. The molecule has 0 spiro atoms. The normalized spacial score (nSPS) is 17.1. The van der Waals surface area contributed by atoms with Gasteiger partial charge in [-0.1, -0.05) is 6.92 Å². The molecule has 1 aliphatic rings. The van der Waals surface area contributed by atoms with Crippen molar-refractivity contribution in [3.63, 3.8) is 0 Å². The summed E-state index contributed by atoms with van der Waals surface area (Å²) in [5.41, 5.74) is 0.217. The van der Waals surface area contributed by atoms with Crippen LogP contribution >= 0.6 is 0 Å². The van der Waals surface area contributed by atoms with E-state index in [9.17, 15) is 8.42 Å². The molecule has 2 heterocycles. The summed E-state index contributed by atoms with van der Waals surface area (Å²) in [5, 5.41) is 11.9. The lowest BCUT2D eigenvalue weighted by Crippen LogP contribution is -2.45. The predicted molar refractivity (Wildman–Crippen MR) is 74.4 cm³/mol. The van der Waals surface area contributed by atoms with Gasteiger partial charge in [0.05, 0.1) is 0 Å². The number of nitrogens with zero attached hydrogens (tertiary/aromatic N) is 3. The van der Waals surface area contributed by atoms with Gasteiger partial charge in [0.25, 0.3) is 0 Å². The molecule has 7 heteroatoms. The molecule has 0 radical (unpaired) electrons. The number of sulfonamides is 1. The number of rotatable bonds is 4. The third-order valence-electron chi connectivity index (χ3n) is 3.49. The first-order chi connectivity index (χ1) is 9.59. The van der Waals surface area contributed by atoms with Crippen LogP contribution in [-0.4, -0.2) is 43.4 Å². The summed E-state index contributed by atoms with van der Waals surface area (Å²) >= 11 is 0. The highest BCUT2D eigenvalue weighted by atomic mass is 32.2. The van der Waals surface area contributed by atoms with Gasteiger partial charge < -0.3 is 5.32 Å². The first-order valence-electron chi connectivity index (χ1n) is 6.68. The third-order valence-corrected chi connectivity index (χ3v) is 5.50. The van der Waals surface area contributed by atoms with Gasteiger partial charge in [-0.3, -0.25) is 0 Å². The number of aromatic nitrogens is 1. The van der Waals surface area contributed by atoms with Crippen molar-refractivity contribution in [2.75, 3.05) is 19.6 Å². The molecule has 0 bridgehead atoms. The highest BCUT2D eigenvalue weighted by Gasteiger charge is 2.31. The summed E-state index contributed by atoms with van der Waals surface area (Å²) in [6.45, 7) is 3.95. The van der Waals surface area contributed by atoms with E-state index in [0.29, 0.717) is 6.54 Å². The molecule has 0 atom stereocenters. The van der Waals surface area contributed by atoms with Gasteiger partial charge in [0.1, 0.15) is 16.7 Å². The molecule has 1 aromatic rings. The fraction of sp³-hybridized carbons (Fsp3) is 0.538. The third kappa shape index (κ3) is 2.98. The predicted octanol–water partition coefficient (Wildman–Crippen LogP) is 0.716. The molecule has 0 unspecified atom stereocenters. The van der Waals surface area contributed by atoms with Crippen molar-refractivity contribution >= 4 is 10.0 Å². The first kappa shape index (κ1) is 14.9. The second-order valence-corrected chi connectivity index (χ2v) is 6.57. The molecule has 1 aromatic heterocycles. The van der Waals surface area contributed by atoms with Crippen LogP contribution in [0.25, 0.3) is 0 Å². The quantitative estimate of drug-likeness (QED) is 0.884. The number of pyridine rings is 1. The minimum absolute atomic E-state index is 0.0295. The van der Waals surface area contributed by atoms with Gasteiger partial charge in [-0.15, -0.1) is 0 Å². The Morgan fingerprint density at radius 3 is 2.65 bits per heavy atom. The van der Waals surface area contributed by atoms with Crippen LogP contribution in [0.15, 0.2) is 23.2 Å². The fourth-order valence-corrected chi connectivity index (χ4v) is 4.09. The molecule has 1 saturated heterocycles. The zero-order chi connectivity index (χ0) is 14.6. The topological polar surface area (TPSA) is 86.1 Å². The summed E-state index contributed by atoms with van der Waals surface area (Å²) in [7, 11) is -3.54. The molecule has 1 aliphatic heterocycles. The lowest BCUT2D eigenvalue weighted by Gasteiger charge is -2.32. The average molecular weight is 294 g/mol. The van der Waals surface area contributed by atoms with E-state index in [1.807, 2.05) is 13.0 Å². The summed E-state index contributed by atoms with van der Waals surface area (Å²) in [5.74, 6) is 0. The van der Waals surface area contributed by atoms with Gasteiger partial charge >= 0.3 is 0 Å². The molecule has 20 heavy (non-hydrogen) atoms. The number of hydrogen-bond donors (Lipinski definition) is 1. The van der Waals surface area contributed by atoms with E-state index in [0.717, 1.165) is 25.9 Å². The second kappa shape index (κ2) is 6.31. The van der Waals surface area contributed by atoms with Crippen LogP contribution in [0, 0.1) is 11.3 Å². The molecule has 0 aliphatic carbocycles. The van der Waals surface area contributed by atoms with E-state index in [4.69, 9.17) is 5.26 Å². The number of hydrogen-bond acceptors (Lipinski definition) is 5. The molecule has 1 fully saturated rings. The molecule has 2 rings (SSSR count). The van der Waals surface area contributed by atoms with Gasteiger partial charge in [0.2, 0.25) is 10.0 Å². The maximum atomic E-state index is 12.6. The Kier molecular flexibility index (Phi) is 4.70. The average Bonchev–Trinajstić information content (AvgIpc) is 2.49. The molecular formula is C13H18N4O2S. The van der Waals surface area contributed by atoms with Crippen molar-refractivity contribution in [3.05, 3.63) is 24.0 Å². The van der Waals surface area contributed by atoms with Crippen LogP contribution < -0.4 is 5.32 Å². The summed E-state index contributed by atoms with van der Waals surface area (Å²) < 4.78 is 26.8. The minimum atomic E-state index is -3.54. The van der Waals surface area contributed by atoms with Crippen LogP contribution in [0.3, 0.4) is 0 Å². The Bertz CT molecular complexity index is 586. The van der Waals surface area contributed by atoms with Gasteiger partial charge in [0, 0.05) is 18.8 Å². The van der Waals surface area contributed by atoms with Crippen molar-refractivity contribution in [1.29, 1.82) is 5.26 Å². The van der Waals surface area contributed by atoms with Crippen LogP contribution in [0.4, 0.5) is 0 Å². The van der Waals surface area contributed by atoms with Gasteiger partial charge in [-0.05, 0) is 38.1 Å². The lowest BCUT2D eigenvalue weighted by atomic mass is 10.1. The smallest absolute Gasteiger partial charge is 0.244 e. The van der Waals surface area contributed by atoms with Crippen molar-refractivity contribution in [3.8, 4) is 6.07 Å². The maximum absolute atomic E-state index is 12.6.